The highest BCUT2D eigenvalue weighted by Gasteiger charge is 2.42. The number of fused-ring (bicyclic) bond motifs is 7. The molecule has 0 amide bonds. The second kappa shape index (κ2) is 11.6. The third-order valence-corrected chi connectivity index (χ3v) is 9.94. The van der Waals surface area contributed by atoms with Crippen molar-refractivity contribution >= 4 is 28.7 Å². The maximum Gasteiger partial charge on any atom is 0.170 e. The first-order valence-electron chi connectivity index (χ1n) is 17.0. The SMILES string of the molecule is C1=CC2c3c(ccc(C4N=C(c5ccccc5)NC(c5ccccc5)=N4)c3-c3ccncc3)OC2c2c1n(-c1ccccc1)c1ccccc21. The molecule has 2 atom stereocenters. The molecule has 3 aliphatic rings. The van der Waals surface area contributed by atoms with Crippen LogP contribution in [0.4, 0.5) is 0 Å². The highest BCUT2D eigenvalue weighted by atomic mass is 16.5. The first-order valence-corrected chi connectivity index (χ1v) is 17.0. The van der Waals surface area contributed by atoms with E-state index in [-0.39, 0.29) is 12.0 Å². The number of nitrogens with zero attached hydrogens (tertiary/aromatic N) is 4. The summed E-state index contributed by atoms with van der Waals surface area (Å²) in [6.45, 7) is 0. The molecule has 50 heavy (non-hydrogen) atoms. The summed E-state index contributed by atoms with van der Waals surface area (Å²) in [5, 5.41) is 4.74. The smallest absolute Gasteiger partial charge is 0.170 e. The molecule has 2 aromatic heterocycles. The summed E-state index contributed by atoms with van der Waals surface area (Å²) in [6, 6.07) is 48.2. The Kier molecular flexibility index (Phi) is 6.59. The molecule has 0 saturated heterocycles. The van der Waals surface area contributed by atoms with Crippen molar-refractivity contribution in [1.82, 2.24) is 14.9 Å². The van der Waals surface area contributed by atoms with Crippen molar-refractivity contribution in [3.05, 3.63) is 192 Å². The molecule has 6 nitrogen and oxygen atoms in total. The van der Waals surface area contributed by atoms with Crippen LogP contribution < -0.4 is 10.1 Å². The van der Waals surface area contributed by atoms with E-state index in [9.17, 15) is 0 Å². The molecule has 0 radical (unpaired) electrons. The first kappa shape index (κ1) is 28.5. The number of amidine groups is 2. The van der Waals surface area contributed by atoms with Crippen molar-refractivity contribution in [3.8, 4) is 22.6 Å². The summed E-state index contributed by atoms with van der Waals surface area (Å²) in [5.74, 6) is 2.46. The van der Waals surface area contributed by atoms with Gasteiger partial charge in [-0.3, -0.25) is 4.98 Å². The van der Waals surface area contributed by atoms with Gasteiger partial charge in [0.2, 0.25) is 0 Å². The topological polar surface area (TPSA) is 63.8 Å². The van der Waals surface area contributed by atoms with Crippen LogP contribution in [0.15, 0.2) is 168 Å². The second-order valence-corrected chi connectivity index (χ2v) is 12.8. The lowest BCUT2D eigenvalue weighted by Crippen LogP contribution is -2.36. The highest BCUT2D eigenvalue weighted by Crippen LogP contribution is 2.56. The van der Waals surface area contributed by atoms with Gasteiger partial charge in [0.1, 0.15) is 23.5 Å². The van der Waals surface area contributed by atoms with Crippen LogP contribution in [-0.2, 0) is 0 Å². The molecule has 0 fully saturated rings. The van der Waals surface area contributed by atoms with E-state index in [1.807, 2.05) is 48.8 Å². The van der Waals surface area contributed by atoms with E-state index < -0.39 is 6.17 Å². The van der Waals surface area contributed by atoms with Crippen molar-refractivity contribution < 1.29 is 4.74 Å². The van der Waals surface area contributed by atoms with E-state index in [0.717, 1.165) is 62.2 Å². The molecule has 7 aromatic rings. The van der Waals surface area contributed by atoms with Gasteiger partial charge in [0, 0.05) is 57.2 Å². The Hall–Kier alpha value is -6.53. The lowest BCUT2D eigenvalue weighted by molar-refractivity contribution is 0.224. The number of ether oxygens (including phenoxy) is 1. The van der Waals surface area contributed by atoms with Crippen LogP contribution in [0.1, 0.15) is 51.7 Å². The van der Waals surface area contributed by atoms with Gasteiger partial charge in [-0.1, -0.05) is 109 Å². The van der Waals surface area contributed by atoms with E-state index in [1.54, 1.807) is 0 Å². The number of benzene rings is 5. The Balaban J connectivity index is 1.17. The molecule has 10 rings (SSSR count). The molecule has 2 aliphatic heterocycles. The van der Waals surface area contributed by atoms with Gasteiger partial charge in [0.15, 0.2) is 6.17 Å². The van der Waals surface area contributed by atoms with Gasteiger partial charge < -0.3 is 14.6 Å². The molecule has 238 valence electrons. The number of aliphatic imine (C=N–C) groups is 2. The van der Waals surface area contributed by atoms with Crippen molar-refractivity contribution in [2.24, 2.45) is 9.98 Å². The van der Waals surface area contributed by atoms with Gasteiger partial charge in [0.25, 0.3) is 0 Å². The maximum absolute atomic E-state index is 7.02. The molecule has 1 aliphatic carbocycles. The average molecular weight is 646 g/mol. The van der Waals surface area contributed by atoms with Crippen LogP contribution in [0.5, 0.6) is 5.75 Å². The third-order valence-electron chi connectivity index (χ3n) is 9.94. The van der Waals surface area contributed by atoms with Gasteiger partial charge in [-0.2, -0.15) is 0 Å². The quantitative estimate of drug-likeness (QED) is 0.203. The van der Waals surface area contributed by atoms with Crippen LogP contribution in [0.2, 0.25) is 0 Å². The molecule has 0 saturated carbocycles. The summed E-state index contributed by atoms with van der Waals surface area (Å²) < 4.78 is 9.37. The summed E-state index contributed by atoms with van der Waals surface area (Å²) in [5.41, 5.74) is 11.0. The Morgan fingerprint density at radius 3 is 1.94 bits per heavy atom. The zero-order valence-electron chi connectivity index (χ0n) is 27.0. The zero-order valence-corrected chi connectivity index (χ0v) is 27.0. The predicted octanol–water partition coefficient (Wildman–Crippen LogP) is 9.43. The monoisotopic (exact) mass is 645 g/mol. The molecule has 0 spiro atoms. The van der Waals surface area contributed by atoms with E-state index in [1.165, 1.54) is 16.5 Å². The van der Waals surface area contributed by atoms with Crippen molar-refractivity contribution in [2.75, 3.05) is 0 Å². The van der Waals surface area contributed by atoms with Gasteiger partial charge in [-0.05, 0) is 53.6 Å². The largest absolute Gasteiger partial charge is 0.484 e. The Morgan fingerprint density at radius 2 is 1.24 bits per heavy atom. The number of nitrogens with one attached hydrogen (secondary N) is 1. The first-order chi connectivity index (χ1) is 24.8. The molecule has 5 aromatic carbocycles. The fourth-order valence-corrected chi connectivity index (χ4v) is 7.78. The Bertz CT molecular complexity index is 2430. The van der Waals surface area contributed by atoms with Gasteiger partial charge in [-0.25, -0.2) is 9.98 Å². The Labute approximate surface area is 289 Å². The number of hydrogen-bond acceptors (Lipinski definition) is 5. The molecular formula is C44H31N5O. The van der Waals surface area contributed by atoms with Gasteiger partial charge in [-0.15, -0.1) is 0 Å². The molecule has 4 heterocycles. The summed E-state index contributed by atoms with van der Waals surface area (Å²) in [4.78, 5) is 14.9. The number of aromatic nitrogens is 2. The summed E-state index contributed by atoms with van der Waals surface area (Å²) in [7, 11) is 0. The predicted molar refractivity (Wildman–Crippen MR) is 200 cm³/mol. The van der Waals surface area contributed by atoms with E-state index >= 15 is 0 Å². The minimum Gasteiger partial charge on any atom is -0.484 e. The van der Waals surface area contributed by atoms with Gasteiger partial charge >= 0.3 is 0 Å². The van der Waals surface area contributed by atoms with E-state index in [2.05, 4.69) is 130 Å². The molecule has 6 heteroatoms. The number of rotatable bonds is 5. The minimum absolute atomic E-state index is 0.00694. The van der Waals surface area contributed by atoms with E-state index in [0.29, 0.717) is 0 Å². The normalized spacial score (nSPS) is 17.6. The number of para-hydroxylation sites is 2. The lowest BCUT2D eigenvalue weighted by atomic mass is 9.80. The minimum atomic E-state index is -0.489. The van der Waals surface area contributed by atoms with E-state index in [4.69, 9.17) is 14.7 Å². The lowest BCUT2D eigenvalue weighted by Gasteiger charge is -2.26. The van der Waals surface area contributed by atoms with Crippen molar-refractivity contribution in [3.63, 3.8) is 0 Å². The van der Waals surface area contributed by atoms with Crippen LogP contribution >= 0.6 is 0 Å². The fraction of sp³-hybridized carbons (Fsp3) is 0.0682. The van der Waals surface area contributed by atoms with Crippen molar-refractivity contribution in [2.45, 2.75) is 18.2 Å². The van der Waals surface area contributed by atoms with Crippen LogP contribution in [-0.4, -0.2) is 21.2 Å². The molecule has 2 unspecified atom stereocenters. The summed E-state index contributed by atoms with van der Waals surface area (Å²) in [6.07, 6.45) is 7.65. The van der Waals surface area contributed by atoms with Crippen LogP contribution in [0.3, 0.4) is 0 Å². The molecule has 1 N–H and O–H groups in total. The third kappa shape index (κ3) is 4.53. The van der Waals surface area contributed by atoms with Crippen LogP contribution in [0.25, 0.3) is 33.8 Å². The standard InChI is InChI=1S/C44H31N5O/c1-4-12-29(13-5-1)42-46-43(30-14-6-2-7-15-30)48-44(47-42)34-21-23-37-40(38(34)28-24-26-45-27-25-28)33-20-22-36-39(41(33)50-37)32-18-10-11-19-35(32)49(36)31-16-8-3-9-17-31/h1-27,33,41,44H,(H,46,47,48). The number of pyridine rings is 1. The average Bonchev–Trinajstić information content (AvgIpc) is 3.74. The molecule has 0 bridgehead atoms. The maximum atomic E-state index is 7.02. The highest BCUT2D eigenvalue weighted by molar-refractivity contribution is 6.16. The van der Waals surface area contributed by atoms with Crippen molar-refractivity contribution in [1.29, 1.82) is 0 Å². The fourth-order valence-electron chi connectivity index (χ4n) is 7.78. The summed E-state index contributed by atoms with van der Waals surface area (Å²) >= 11 is 0. The zero-order chi connectivity index (χ0) is 33.0. The van der Waals surface area contributed by atoms with Crippen LogP contribution in [0, 0.1) is 0 Å². The second-order valence-electron chi connectivity index (χ2n) is 12.8. The number of hydrogen-bond donors (Lipinski definition) is 1. The molecular weight excluding hydrogens is 615 g/mol. The van der Waals surface area contributed by atoms with Gasteiger partial charge in [0.05, 0.1) is 11.2 Å². The Morgan fingerprint density at radius 1 is 0.600 bits per heavy atom.